The van der Waals surface area contributed by atoms with E-state index < -0.39 is 11.7 Å². The van der Waals surface area contributed by atoms with Crippen LogP contribution in [0.25, 0.3) is 0 Å². The minimum atomic E-state index is -0.516. The quantitative estimate of drug-likeness (QED) is 0.852. The van der Waals surface area contributed by atoms with Gasteiger partial charge in [-0.05, 0) is 41.7 Å². The van der Waals surface area contributed by atoms with Crippen LogP contribution in [0.1, 0.15) is 52.9 Å². The number of aryl methyl sites for hydroxylation is 1. The Morgan fingerprint density at radius 3 is 2.25 bits per heavy atom. The summed E-state index contributed by atoms with van der Waals surface area (Å²) in [4.78, 5) is 12.0. The highest BCUT2D eigenvalue weighted by Gasteiger charge is 2.13. The van der Waals surface area contributed by atoms with Crippen molar-refractivity contribution in [2.75, 3.05) is 6.54 Å². The second kappa shape index (κ2) is 8.81. The van der Waals surface area contributed by atoms with Crippen LogP contribution in [0.3, 0.4) is 0 Å². The molecule has 0 saturated carbocycles. The third-order valence-electron chi connectivity index (χ3n) is 3.88. The van der Waals surface area contributed by atoms with Crippen molar-refractivity contribution in [1.82, 2.24) is 5.32 Å². The summed E-state index contributed by atoms with van der Waals surface area (Å²) in [7, 11) is 0. The summed E-state index contributed by atoms with van der Waals surface area (Å²) in [5.74, 6) is -0.501. The maximum Gasteiger partial charge on any atom is 0.254 e. The van der Waals surface area contributed by atoms with Gasteiger partial charge in [-0.15, -0.1) is 12.4 Å². The maximum absolute atomic E-state index is 13.8. The number of amides is 1. The zero-order valence-corrected chi connectivity index (χ0v) is 15.0. The van der Waals surface area contributed by atoms with Crippen molar-refractivity contribution in [3.05, 3.63) is 70.5 Å². The first-order valence-electron chi connectivity index (χ1n) is 7.78. The Hall–Kier alpha value is -1.91. The van der Waals surface area contributed by atoms with E-state index in [1.54, 1.807) is 13.0 Å². The first kappa shape index (κ1) is 20.1. The third-order valence-corrected chi connectivity index (χ3v) is 3.88. The van der Waals surface area contributed by atoms with E-state index in [0.717, 1.165) is 11.1 Å². The zero-order valence-electron chi connectivity index (χ0n) is 14.2. The number of nitrogens with one attached hydrogen (secondary N) is 1. The zero-order chi connectivity index (χ0) is 17.0. The molecule has 0 spiro atoms. The van der Waals surface area contributed by atoms with Crippen molar-refractivity contribution < 1.29 is 9.18 Å². The van der Waals surface area contributed by atoms with Crippen molar-refractivity contribution in [3.63, 3.8) is 0 Å². The molecule has 3 nitrogen and oxygen atoms in total. The van der Waals surface area contributed by atoms with Crippen molar-refractivity contribution >= 4 is 18.3 Å². The Bertz CT molecular complexity index is 686. The van der Waals surface area contributed by atoms with Gasteiger partial charge in [0.1, 0.15) is 5.82 Å². The number of rotatable bonds is 5. The van der Waals surface area contributed by atoms with Crippen LogP contribution in [-0.4, -0.2) is 12.5 Å². The number of carbonyl (C=O) groups excluding carboxylic acids is 1. The first-order valence-corrected chi connectivity index (χ1v) is 7.78. The van der Waals surface area contributed by atoms with E-state index in [0.29, 0.717) is 5.92 Å². The largest absolute Gasteiger partial charge is 0.350 e. The summed E-state index contributed by atoms with van der Waals surface area (Å²) in [5, 5.41) is 2.69. The van der Waals surface area contributed by atoms with Gasteiger partial charge in [-0.2, -0.15) is 0 Å². The van der Waals surface area contributed by atoms with E-state index >= 15 is 0 Å². The molecule has 24 heavy (non-hydrogen) atoms. The summed E-state index contributed by atoms with van der Waals surface area (Å²) in [6, 6.07) is 12.2. The molecule has 0 radical (unpaired) electrons. The van der Waals surface area contributed by atoms with Gasteiger partial charge in [-0.1, -0.05) is 44.2 Å². The topological polar surface area (TPSA) is 55.1 Å². The molecule has 1 amide bonds. The Labute approximate surface area is 148 Å². The Balaban J connectivity index is 0.00000288. The van der Waals surface area contributed by atoms with E-state index in [4.69, 9.17) is 5.73 Å². The molecule has 0 aromatic heterocycles. The first-order chi connectivity index (χ1) is 10.9. The highest BCUT2D eigenvalue weighted by atomic mass is 35.5. The molecule has 0 saturated heterocycles. The molecule has 130 valence electrons. The van der Waals surface area contributed by atoms with Gasteiger partial charge < -0.3 is 11.1 Å². The van der Waals surface area contributed by atoms with E-state index in [1.807, 2.05) is 24.3 Å². The lowest BCUT2D eigenvalue weighted by atomic mass is 9.99. The Kier molecular flexibility index (Phi) is 7.39. The van der Waals surface area contributed by atoms with Crippen LogP contribution in [0.2, 0.25) is 0 Å². The van der Waals surface area contributed by atoms with Gasteiger partial charge in [-0.25, -0.2) is 4.39 Å². The average Bonchev–Trinajstić information content (AvgIpc) is 2.52. The van der Waals surface area contributed by atoms with Crippen LogP contribution in [0.4, 0.5) is 4.39 Å². The van der Waals surface area contributed by atoms with Crippen molar-refractivity contribution in [3.8, 4) is 0 Å². The molecule has 0 heterocycles. The smallest absolute Gasteiger partial charge is 0.254 e. The average molecular weight is 351 g/mol. The lowest BCUT2D eigenvalue weighted by Crippen LogP contribution is -2.32. The van der Waals surface area contributed by atoms with Gasteiger partial charge in [-0.3, -0.25) is 4.79 Å². The van der Waals surface area contributed by atoms with Gasteiger partial charge in [0.2, 0.25) is 0 Å². The molecule has 2 aromatic rings. The SMILES string of the molecule is Cc1ccc(C(=O)NCC(N)c2ccc(C(C)C)cc2)c(F)c1.Cl. The molecule has 2 rings (SSSR count). The molecular weight excluding hydrogens is 327 g/mol. The molecule has 0 fully saturated rings. The normalized spacial score (nSPS) is 11.8. The van der Waals surface area contributed by atoms with Crippen molar-refractivity contribution in [2.24, 2.45) is 5.73 Å². The second-order valence-electron chi connectivity index (χ2n) is 6.12. The summed E-state index contributed by atoms with van der Waals surface area (Å²) >= 11 is 0. The molecule has 0 aliphatic heterocycles. The van der Waals surface area contributed by atoms with Crippen LogP contribution >= 0.6 is 12.4 Å². The summed E-state index contributed by atoms with van der Waals surface area (Å²) < 4.78 is 13.8. The van der Waals surface area contributed by atoms with Crippen LogP contribution < -0.4 is 11.1 Å². The van der Waals surface area contributed by atoms with Gasteiger partial charge >= 0.3 is 0 Å². The second-order valence-corrected chi connectivity index (χ2v) is 6.12. The fraction of sp³-hybridized carbons (Fsp3) is 0.316. The van der Waals surface area contributed by atoms with Crippen LogP contribution in [0, 0.1) is 12.7 Å². The molecule has 0 aliphatic carbocycles. The lowest BCUT2D eigenvalue weighted by Gasteiger charge is -2.15. The lowest BCUT2D eigenvalue weighted by molar-refractivity contribution is 0.0947. The predicted octanol–water partition coefficient (Wildman–Crippen LogP) is 4.11. The number of carbonyl (C=O) groups is 1. The molecule has 5 heteroatoms. The number of hydrogen-bond donors (Lipinski definition) is 2. The van der Waals surface area contributed by atoms with Gasteiger partial charge in [0, 0.05) is 12.6 Å². The minimum Gasteiger partial charge on any atom is -0.350 e. The highest BCUT2D eigenvalue weighted by molar-refractivity contribution is 5.94. The van der Waals surface area contributed by atoms with Crippen molar-refractivity contribution in [1.29, 1.82) is 0 Å². The molecule has 0 bridgehead atoms. The van der Waals surface area contributed by atoms with E-state index in [2.05, 4.69) is 19.2 Å². The standard InChI is InChI=1S/C19H23FN2O.ClH/c1-12(2)14-5-7-15(8-6-14)18(21)11-22-19(23)16-9-4-13(3)10-17(16)20;/h4-10,12,18H,11,21H2,1-3H3,(H,22,23);1H. The van der Waals surface area contributed by atoms with Gasteiger partial charge in [0.15, 0.2) is 0 Å². The summed E-state index contributed by atoms with van der Waals surface area (Å²) in [5.41, 5.74) is 9.11. The van der Waals surface area contributed by atoms with Crippen molar-refractivity contribution in [2.45, 2.75) is 32.7 Å². The fourth-order valence-electron chi connectivity index (χ4n) is 2.35. The van der Waals surface area contributed by atoms with Gasteiger partial charge in [0.05, 0.1) is 5.56 Å². The molecule has 1 atom stereocenters. The fourth-order valence-corrected chi connectivity index (χ4v) is 2.35. The van der Waals surface area contributed by atoms with E-state index in [9.17, 15) is 9.18 Å². The Morgan fingerprint density at radius 1 is 1.12 bits per heavy atom. The number of halogens is 2. The number of hydrogen-bond acceptors (Lipinski definition) is 2. The number of benzene rings is 2. The van der Waals surface area contributed by atoms with Gasteiger partial charge in [0.25, 0.3) is 5.91 Å². The summed E-state index contributed by atoms with van der Waals surface area (Å²) in [6.45, 7) is 6.30. The maximum atomic E-state index is 13.8. The summed E-state index contributed by atoms with van der Waals surface area (Å²) in [6.07, 6.45) is 0. The molecule has 0 aliphatic rings. The third kappa shape index (κ3) is 5.05. The molecule has 3 N–H and O–H groups in total. The Morgan fingerprint density at radius 2 is 1.71 bits per heavy atom. The van der Waals surface area contributed by atoms with Crippen LogP contribution in [0.15, 0.2) is 42.5 Å². The van der Waals surface area contributed by atoms with Crippen LogP contribution in [-0.2, 0) is 0 Å². The van der Waals surface area contributed by atoms with Crippen LogP contribution in [0.5, 0.6) is 0 Å². The monoisotopic (exact) mass is 350 g/mol. The predicted molar refractivity (Wildman–Crippen MR) is 98.2 cm³/mol. The molecule has 1 unspecified atom stereocenters. The molecular formula is C19H24ClFN2O. The van der Waals surface area contributed by atoms with E-state index in [1.165, 1.54) is 17.7 Å². The van der Waals surface area contributed by atoms with E-state index in [-0.39, 0.29) is 30.6 Å². The highest BCUT2D eigenvalue weighted by Crippen LogP contribution is 2.17. The molecule has 2 aromatic carbocycles. The minimum absolute atomic E-state index is 0. The number of nitrogens with two attached hydrogens (primary N) is 1.